The third kappa shape index (κ3) is 3.38. The number of halogens is 1. The van der Waals surface area contributed by atoms with E-state index < -0.39 is 0 Å². The van der Waals surface area contributed by atoms with Crippen LogP contribution in [0.2, 0.25) is 0 Å². The second-order valence-electron chi connectivity index (χ2n) is 6.39. The monoisotopic (exact) mass is 293 g/mol. The summed E-state index contributed by atoms with van der Waals surface area (Å²) >= 11 is 0. The fraction of sp³-hybridized carbons (Fsp3) is 0.647. The van der Waals surface area contributed by atoms with Gasteiger partial charge in [-0.15, -0.1) is 0 Å². The summed E-state index contributed by atoms with van der Waals surface area (Å²) in [6, 6.07) is 7.10. The minimum atomic E-state index is -0.312. The van der Waals surface area contributed by atoms with Gasteiger partial charge in [0, 0.05) is 11.6 Å². The number of ether oxygens (including phenoxy) is 1. The van der Waals surface area contributed by atoms with Crippen molar-refractivity contribution >= 4 is 0 Å². The summed E-state index contributed by atoms with van der Waals surface area (Å²) in [5.74, 6) is 0.420. The maximum Gasteiger partial charge on any atom is 0.165 e. The fourth-order valence-electron chi connectivity index (χ4n) is 3.52. The molecule has 2 atom stereocenters. The van der Waals surface area contributed by atoms with Gasteiger partial charge in [-0.2, -0.15) is 0 Å². The van der Waals surface area contributed by atoms with Gasteiger partial charge in [0.2, 0.25) is 0 Å². The van der Waals surface area contributed by atoms with Crippen molar-refractivity contribution in [3.63, 3.8) is 0 Å². The lowest BCUT2D eigenvalue weighted by Gasteiger charge is -2.35. The predicted octanol–water partition coefficient (Wildman–Crippen LogP) is 2.88. The van der Waals surface area contributed by atoms with Crippen LogP contribution in [0.15, 0.2) is 24.3 Å². The zero-order valence-corrected chi connectivity index (χ0v) is 12.4. The zero-order valence-electron chi connectivity index (χ0n) is 12.4. The molecule has 0 heterocycles. The number of hydrogen-bond acceptors (Lipinski definition) is 3. The average molecular weight is 293 g/mol. The minimum Gasteiger partial charge on any atom is -0.491 e. The van der Waals surface area contributed by atoms with Gasteiger partial charge in [-0.25, -0.2) is 4.39 Å². The summed E-state index contributed by atoms with van der Waals surface area (Å²) in [5.41, 5.74) is -0.139. The van der Waals surface area contributed by atoms with Crippen molar-refractivity contribution in [2.45, 2.75) is 50.1 Å². The number of benzene rings is 1. The molecule has 21 heavy (non-hydrogen) atoms. The summed E-state index contributed by atoms with van der Waals surface area (Å²) in [7, 11) is 0. The van der Waals surface area contributed by atoms with Crippen LogP contribution in [0.25, 0.3) is 0 Å². The molecule has 2 N–H and O–H groups in total. The van der Waals surface area contributed by atoms with Gasteiger partial charge in [-0.3, -0.25) is 0 Å². The van der Waals surface area contributed by atoms with Gasteiger partial charge < -0.3 is 15.2 Å². The Morgan fingerprint density at radius 1 is 1.29 bits per heavy atom. The number of para-hydroxylation sites is 1. The molecule has 0 spiro atoms. The number of aliphatic hydroxyl groups excluding tert-OH is 1. The topological polar surface area (TPSA) is 41.5 Å². The average Bonchev–Trinajstić information content (AvgIpc) is 3.21. The molecule has 0 bridgehead atoms. The molecule has 2 unspecified atom stereocenters. The third-order valence-electron chi connectivity index (χ3n) is 4.87. The number of rotatable bonds is 7. The second-order valence-corrected chi connectivity index (χ2v) is 6.39. The van der Waals surface area contributed by atoms with Crippen LogP contribution in [0.1, 0.15) is 38.5 Å². The summed E-state index contributed by atoms with van der Waals surface area (Å²) < 4.78 is 19.1. The van der Waals surface area contributed by atoms with Crippen molar-refractivity contribution < 1.29 is 14.2 Å². The Morgan fingerprint density at radius 2 is 2.10 bits per heavy atom. The highest BCUT2D eigenvalue weighted by atomic mass is 19.1. The van der Waals surface area contributed by atoms with E-state index in [0.29, 0.717) is 24.3 Å². The summed E-state index contributed by atoms with van der Waals surface area (Å²) in [5, 5.41) is 13.5. The Morgan fingerprint density at radius 3 is 2.81 bits per heavy atom. The van der Waals surface area contributed by atoms with Crippen LogP contribution in [-0.4, -0.2) is 29.9 Å². The van der Waals surface area contributed by atoms with Gasteiger partial charge in [0.15, 0.2) is 11.6 Å². The van der Waals surface area contributed by atoms with Gasteiger partial charge in [0.05, 0.1) is 13.2 Å². The van der Waals surface area contributed by atoms with Gasteiger partial charge in [0.25, 0.3) is 0 Å². The molecular formula is C17H24FNO2. The molecule has 2 saturated carbocycles. The van der Waals surface area contributed by atoms with E-state index >= 15 is 0 Å². The van der Waals surface area contributed by atoms with Gasteiger partial charge >= 0.3 is 0 Å². The quantitative estimate of drug-likeness (QED) is 0.812. The lowest BCUT2D eigenvalue weighted by molar-refractivity contribution is 0.107. The Bertz CT molecular complexity index is 478. The second kappa shape index (κ2) is 6.32. The number of aliphatic hydroxyl groups is 1. The van der Waals surface area contributed by atoms with Crippen molar-refractivity contribution in [1.29, 1.82) is 0 Å². The molecule has 0 radical (unpaired) electrons. The van der Waals surface area contributed by atoms with E-state index in [9.17, 15) is 9.50 Å². The smallest absolute Gasteiger partial charge is 0.165 e. The molecule has 2 aliphatic rings. The Hall–Kier alpha value is -1.13. The summed E-state index contributed by atoms with van der Waals surface area (Å²) in [6.07, 6.45) is 6.59. The van der Waals surface area contributed by atoms with Crippen LogP contribution in [-0.2, 0) is 0 Å². The molecule has 116 valence electrons. The van der Waals surface area contributed by atoms with E-state index in [1.165, 1.54) is 18.9 Å². The first-order valence-electron chi connectivity index (χ1n) is 7.99. The van der Waals surface area contributed by atoms with E-state index in [1.807, 2.05) is 0 Å². The lowest BCUT2D eigenvalue weighted by Crippen LogP contribution is -2.52. The SMILES string of the molecule is OCC1(NC2CC2)CCCC1CCOc1ccccc1F. The van der Waals surface area contributed by atoms with Crippen LogP contribution < -0.4 is 10.1 Å². The Kier molecular flexibility index (Phi) is 4.45. The highest BCUT2D eigenvalue weighted by molar-refractivity contribution is 5.23. The van der Waals surface area contributed by atoms with Crippen molar-refractivity contribution in [3.05, 3.63) is 30.1 Å². The standard InChI is InChI=1S/C17H24FNO2/c18-15-5-1-2-6-16(15)21-11-9-13-4-3-10-17(13,12-20)19-14-7-8-14/h1-2,5-6,13-14,19-20H,3-4,7-12H2. The maximum atomic E-state index is 13.5. The van der Waals surface area contributed by atoms with Crippen LogP contribution in [0.4, 0.5) is 4.39 Å². The fourth-order valence-corrected chi connectivity index (χ4v) is 3.52. The highest BCUT2D eigenvalue weighted by Crippen LogP contribution is 2.40. The molecule has 4 heteroatoms. The Labute approximate surface area is 125 Å². The minimum absolute atomic E-state index is 0.139. The van der Waals surface area contributed by atoms with E-state index in [-0.39, 0.29) is 18.0 Å². The van der Waals surface area contributed by atoms with Crippen LogP contribution in [0.5, 0.6) is 5.75 Å². The highest BCUT2D eigenvalue weighted by Gasteiger charge is 2.44. The first-order chi connectivity index (χ1) is 10.2. The molecular weight excluding hydrogens is 269 g/mol. The van der Waals surface area contributed by atoms with Crippen molar-refractivity contribution in [1.82, 2.24) is 5.32 Å². The lowest BCUT2D eigenvalue weighted by atomic mass is 9.85. The molecule has 1 aromatic carbocycles. The molecule has 1 aromatic rings. The molecule has 3 nitrogen and oxygen atoms in total. The first kappa shape index (κ1) is 14.8. The number of hydrogen-bond donors (Lipinski definition) is 2. The first-order valence-corrected chi connectivity index (χ1v) is 7.99. The predicted molar refractivity (Wildman–Crippen MR) is 79.8 cm³/mol. The molecule has 0 amide bonds. The summed E-state index contributed by atoms with van der Waals surface area (Å²) in [4.78, 5) is 0. The van der Waals surface area contributed by atoms with Crippen molar-refractivity contribution in [2.24, 2.45) is 5.92 Å². The molecule has 0 saturated heterocycles. The molecule has 2 aliphatic carbocycles. The third-order valence-corrected chi connectivity index (χ3v) is 4.87. The largest absolute Gasteiger partial charge is 0.491 e. The van der Waals surface area contributed by atoms with Gasteiger partial charge in [-0.1, -0.05) is 18.6 Å². The molecule has 0 aliphatic heterocycles. The van der Waals surface area contributed by atoms with E-state index in [2.05, 4.69) is 5.32 Å². The van der Waals surface area contributed by atoms with Crippen molar-refractivity contribution in [2.75, 3.05) is 13.2 Å². The molecule has 0 aromatic heterocycles. The van der Waals surface area contributed by atoms with Crippen LogP contribution in [0, 0.1) is 11.7 Å². The van der Waals surface area contributed by atoms with Gasteiger partial charge in [0.1, 0.15) is 0 Å². The summed E-state index contributed by atoms with van der Waals surface area (Å²) in [6.45, 7) is 0.688. The van der Waals surface area contributed by atoms with Crippen molar-refractivity contribution in [3.8, 4) is 5.75 Å². The van der Waals surface area contributed by atoms with Crippen LogP contribution in [0.3, 0.4) is 0 Å². The molecule has 2 fully saturated rings. The maximum absolute atomic E-state index is 13.5. The Balaban J connectivity index is 1.55. The van der Waals surface area contributed by atoms with Gasteiger partial charge in [-0.05, 0) is 50.2 Å². The van der Waals surface area contributed by atoms with E-state index in [1.54, 1.807) is 18.2 Å². The zero-order chi connectivity index (χ0) is 14.7. The van der Waals surface area contributed by atoms with E-state index in [4.69, 9.17) is 4.74 Å². The molecule has 3 rings (SSSR count). The van der Waals surface area contributed by atoms with E-state index in [0.717, 1.165) is 25.7 Å². The number of nitrogens with one attached hydrogen (secondary N) is 1. The normalized spacial score (nSPS) is 28.8. The van der Waals surface area contributed by atoms with Crippen LogP contribution >= 0.6 is 0 Å².